The van der Waals surface area contributed by atoms with Crippen molar-refractivity contribution in [1.82, 2.24) is 5.32 Å². The molecule has 0 bridgehead atoms. The van der Waals surface area contributed by atoms with Crippen molar-refractivity contribution in [3.05, 3.63) is 108 Å². The Kier molecular flexibility index (Phi) is 15.2. The van der Waals surface area contributed by atoms with E-state index in [1.54, 1.807) is 84.9 Å². The molecular weight excluding hydrogens is 758 g/mol. The van der Waals surface area contributed by atoms with Crippen molar-refractivity contribution in [2.24, 2.45) is 0 Å². The summed E-state index contributed by atoms with van der Waals surface area (Å²) in [7, 11) is 1.11. The number of amides is 1. The monoisotopic (exact) mass is 809 g/mol. The fraction of sp³-hybridized carbons (Fsp3) is 0.452. The van der Waals surface area contributed by atoms with Crippen LogP contribution in [-0.2, 0) is 91.1 Å². The van der Waals surface area contributed by atoms with Gasteiger partial charge in [-0.25, -0.2) is 4.79 Å². The number of nitrogens with one attached hydrogen (secondary N) is 1. The van der Waals surface area contributed by atoms with Crippen molar-refractivity contribution in [3.8, 4) is 0 Å². The number of rotatable bonds is 17. The minimum Gasteiger partial charge on any atom is -0.467 e. The summed E-state index contributed by atoms with van der Waals surface area (Å²) in [5.41, 5.74) is 1.56. The summed E-state index contributed by atoms with van der Waals surface area (Å²) in [6, 6.07) is 24.6. The highest BCUT2D eigenvalue weighted by atomic mass is 16.8. The number of hydrogen-bond donors (Lipinski definition) is 1. The number of carbonyl (C=O) groups is 5. The maximum Gasteiger partial charge on any atom is 0.337 e. The normalized spacial score (nSPS) is 28.4. The molecule has 12 atom stereocenters. The maximum atomic E-state index is 13.8. The van der Waals surface area contributed by atoms with Gasteiger partial charge < -0.3 is 52.7 Å². The van der Waals surface area contributed by atoms with E-state index < -0.39 is 111 Å². The molecule has 16 nitrogen and oxygen atoms in total. The molecule has 0 aromatic heterocycles. The highest BCUT2D eigenvalue weighted by Crippen LogP contribution is 2.35. The molecule has 58 heavy (non-hydrogen) atoms. The summed E-state index contributed by atoms with van der Waals surface area (Å²) in [5, 5.41) is 2.63. The number of ether oxygens (including phenoxy) is 10. The predicted molar refractivity (Wildman–Crippen MR) is 201 cm³/mol. The van der Waals surface area contributed by atoms with Gasteiger partial charge in [-0.1, -0.05) is 91.0 Å². The van der Waals surface area contributed by atoms with Crippen molar-refractivity contribution < 1.29 is 74.1 Å². The molecule has 1 N–H and O–H groups in total. The molecule has 2 aliphatic rings. The number of benzene rings is 3. The molecule has 0 saturated carbocycles. The molecule has 0 aliphatic carbocycles. The second kappa shape index (κ2) is 21.5. The summed E-state index contributed by atoms with van der Waals surface area (Å²) in [4.78, 5) is 63.6. The first-order chi connectivity index (χ1) is 28.7. The van der Waals surface area contributed by atoms with Crippen molar-refractivity contribution in [2.45, 2.75) is 109 Å². The van der Waals surface area contributed by atoms with Crippen LogP contribution in [0.25, 0.3) is 0 Å². The molecule has 0 radical (unpaired) electrons. The molecule has 16 heteroatoms. The fourth-order valence-corrected chi connectivity index (χ4v) is 6.39. The van der Waals surface area contributed by atoms with Gasteiger partial charge in [-0.05, 0) is 16.7 Å². The highest BCUT2D eigenvalue weighted by Gasteiger charge is 2.57. The quantitative estimate of drug-likeness (QED) is 0.154. The third kappa shape index (κ3) is 12.4. The van der Waals surface area contributed by atoms with E-state index in [2.05, 4.69) is 5.32 Å². The molecular formula is C42H49NO15. The van der Waals surface area contributed by atoms with Crippen LogP contribution in [0.15, 0.2) is 91.0 Å². The molecule has 1 amide bonds. The number of esters is 4. The van der Waals surface area contributed by atoms with Gasteiger partial charge in [0.25, 0.3) is 0 Å². The van der Waals surface area contributed by atoms with Gasteiger partial charge in [-0.3, -0.25) is 19.2 Å². The van der Waals surface area contributed by atoms with Gasteiger partial charge >= 0.3 is 23.9 Å². The lowest BCUT2D eigenvalue weighted by Crippen LogP contribution is -2.69. The van der Waals surface area contributed by atoms with E-state index in [9.17, 15) is 24.0 Å². The lowest BCUT2D eigenvalue weighted by molar-refractivity contribution is -0.353. The largest absolute Gasteiger partial charge is 0.467 e. The van der Waals surface area contributed by atoms with E-state index >= 15 is 0 Å². The Bertz CT molecular complexity index is 1880. The second-order valence-corrected chi connectivity index (χ2v) is 13.3. The smallest absolute Gasteiger partial charge is 0.337 e. The van der Waals surface area contributed by atoms with Gasteiger partial charge in [0.05, 0.1) is 29.6 Å². The fourth-order valence-electron chi connectivity index (χ4n) is 6.39. The molecule has 2 heterocycles. The van der Waals surface area contributed by atoms with Gasteiger partial charge in [0.2, 0.25) is 5.91 Å². The van der Waals surface area contributed by atoms with Crippen molar-refractivity contribution in [3.63, 3.8) is 0 Å². The van der Waals surface area contributed by atoms with E-state index in [0.29, 0.717) is 11.1 Å². The van der Waals surface area contributed by atoms with E-state index in [1.165, 1.54) is 6.92 Å². The standard InChI is InChI=1S/C42H49NO15/c1-25(44)43-33-35(55-28(4)47)34(54-27(3)46)32(24-50-26(2)45)56-41(33)57-37-36(51-21-29-15-9-6-10-16-29)39(52-22-30-17-11-7-12-18-30)42(58-38(37)40(48)49-5)53-23-31-19-13-8-14-20-31/h6-20,32-39,41-42H,21-24H2,1-5H3,(H,43,44)/t32-,33-,34+,35-,36+,37+,38+,39-,41+,42?/m1/s1/i21D,22D/t21?,22?,32-,33-,34+,35-,36+,37+,38+,39-,41+,42?. The second-order valence-electron chi connectivity index (χ2n) is 13.3. The van der Waals surface area contributed by atoms with Crippen LogP contribution < -0.4 is 5.32 Å². The third-order valence-corrected chi connectivity index (χ3v) is 8.87. The molecule has 3 aromatic carbocycles. The minimum absolute atomic E-state index is 0.0513. The first kappa shape index (κ1) is 40.9. The zero-order chi connectivity index (χ0) is 43.3. The summed E-state index contributed by atoms with van der Waals surface area (Å²) in [6.45, 7) is 1.05. The summed E-state index contributed by atoms with van der Waals surface area (Å²) < 4.78 is 78.2. The van der Waals surface area contributed by atoms with E-state index in [0.717, 1.165) is 33.4 Å². The first-order valence-electron chi connectivity index (χ1n) is 19.6. The van der Waals surface area contributed by atoms with E-state index in [-0.39, 0.29) is 6.61 Å². The van der Waals surface area contributed by atoms with Crippen LogP contribution in [-0.4, -0.2) is 105 Å². The summed E-state index contributed by atoms with van der Waals surface area (Å²) >= 11 is 0. The van der Waals surface area contributed by atoms with Crippen molar-refractivity contribution >= 4 is 29.8 Å². The zero-order valence-electron chi connectivity index (χ0n) is 34.6. The molecule has 2 saturated heterocycles. The van der Waals surface area contributed by atoms with E-state index in [1.807, 2.05) is 6.07 Å². The Hall–Kier alpha value is -5.23. The predicted octanol–water partition coefficient (Wildman–Crippen LogP) is 3.31. The molecule has 3 unspecified atom stereocenters. The molecule has 2 aliphatic heterocycles. The van der Waals surface area contributed by atoms with Crippen molar-refractivity contribution in [1.29, 1.82) is 0 Å². The van der Waals surface area contributed by atoms with Gasteiger partial charge in [-0.15, -0.1) is 0 Å². The third-order valence-electron chi connectivity index (χ3n) is 8.87. The Morgan fingerprint density at radius 3 is 1.67 bits per heavy atom. The first-order valence-corrected chi connectivity index (χ1v) is 18.5. The highest BCUT2D eigenvalue weighted by molar-refractivity contribution is 5.76. The minimum atomic E-state index is -1.73. The topological polar surface area (TPSA) is 190 Å². The lowest BCUT2D eigenvalue weighted by Gasteiger charge is -2.49. The molecule has 3 aromatic rings. The Labute approximate surface area is 339 Å². The van der Waals surface area contributed by atoms with Gasteiger partial charge in [0.15, 0.2) is 30.9 Å². The number of methoxy groups -OCH3 is 1. The van der Waals surface area contributed by atoms with Crippen LogP contribution in [0.1, 0.15) is 47.1 Å². The van der Waals surface area contributed by atoms with Crippen LogP contribution in [0.5, 0.6) is 0 Å². The Morgan fingerprint density at radius 1 is 0.621 bits per heavy atom. The summed E-state index contributed by atoms with van der Waals surface area (Å²) in [6.07, 6.45) is -13.9. The van der Waals surface area contributed by atoms with Crippen LogP contribution in [0.3, 0.4) is 0 Å². The van der Waals surface area contributed by atoms with Crippen LogP contribution >= 0.6 is 0 Å². The van der Waals surface area contributed by atoms with Gasteiger partial charge in [-0.2, -0.15) is 0 Å². The SMILES string of the molecule is [2H]C(O[C@H]1[C@H](O[C@@H]2O[C@H](COC(C)=O)[C@H](OC(C)=O)[C@H](OC(C)=O)[C@H]2NC(C)=O)[C@@H](C(=O)OC)OC(OCc2ccccc2)[C@@H]1OC([2H])c1ccccc1)c1ccccc1. The summed E-state index contributed by atoms with van der Waals surface area (Å²) in [5.74, 6) is -4.02. The maximum absolute atomic E-state index is 13.8. The molecule has 312 valence electrons. The van der Waals surface area contributed by atoms with E-state index in [4.69, 9.17) is 50.1 Å². The molecule has 2 fully saturated rings. The van der Waals surface area contributed by atoms with Crippen molar-refractivity contribution in [2.75, 3.05) is 13.7 Å². The van der Waals surface area contributed by atoms with Gasteiger partial charge in [0.1, 0.15) is 37.1 Å². The lowest BCUT2D eigenvalue weighted by atomic mass is 9.94. The number of hydrogen-bond acceptors (Lipinski definition) is 15. The van der Waals surface area contributed by atoms with Crippen LogP contribution in [0.2, 0.25) is 0 Å². The Balaban J connectivity index is 1.65. The zero-order valence-corrected chi connectivity index (χ0v) is 32.6. The average Bonchev–Trinajstić information content (AvgIpc) is 3.23. The Morgan fingerprint density at radius 2 is 1.16 bits per heavy atom. The molecule has 0 spiro atoms. The van der Waals surface area contributed by atoms with Crippen LogP contribution in [0.4, 0.5) is 0 Å². The molecule has 5 rings (SSSR count). The van der Waals surface area contributed by atoms with Gasteiger partial charge in [0, 0.05) is 27.7 Å². The average molecular weight is 810 g/mol. The number of carbonyl (C=O) groups excluding carboxylic acids is 5. The van der Waals surface area contributed by atoms with Crippen LogP contribution in [0, 0.1) is 0 Å².